The maximum absolute atomic E-state index is 11.9. The maximum atomic E-state index is 11.9. The normalized spacial score (nSPS) is 11.0. The summed E-state index contributed by atoms with van der Waals surface area (Å²) < 4.78 is 3.49. The lowest BCUT2D eigenvalue weighted by atomic mass is 10.2. The molecule has 0 aromatic carbocycles. The van der Waals surface area contributed by atoms with Crippen molar-refractivity contribution in [3.63, 3.8) is 0 Å². The van der Waals surface area contributed by atoms with Crippen LogP contribution in [0.3, 0.4) is 0 Å². The Morgan fingerprint density at radius 2 is 2.00 bits per heavy atom. The smallest absolute Gasteiger partial charge is 0.221 e. The Bertz CT molecular complexity index is 1020. The molecule has 0 atom stereocenters. The van der Waals surface area contributed by atoms with Gasteiger partial charge in [-0.15, -0.1) is 0 Å². The van der Waals surface area contributed by atoms with Gasteiger partial charge in [-0.2, -0.15) is 10.2 Å². The number of amides is 1. The first-order valence-corrected chi connectivity index (χ1v) is 8.78. The van der Waals surface area contributed by atoms with Crippen molar-refractivity contribution >= 4 is 11.6 Å². The highest BCUT2D eigenvalue weighted by molar-refractivity contribution is 5.75. The van der Waals surface area contributed by atoms with Crippen LogP contribution >= 0.6 is 0 Å². The van der Waals surface area contributed by atoms with Gasteiger partial charge in [-0.1, -0.05) is 0 Å². The third-order valence-electron chi connectivity index (χ3n) is 4.18. The Hall–Kier alpha value is -3.55. The van der Waals surface area contributed by atoms with Gasteiger partial charge in [0.15, 0.2) is 5.65 Å². The number of nitrogens with zero attached hydrogens (tertiary/aromatic N) is 6. The summed E-state index contributed by atoms with van der Waals surface area (Å²) >= 11 is 0. The van der Waals surface area contributed by atoms with E-state index in [0.29, 0.717) is 25.9 Å². The molecule has 0 aliphatic carbocycles. The van der Waals surface area contributed by atoms with Crippen molar-refractivity contribution in [3.05, 3.63) is 67.0 Å². The first-order valence-electron chi connectivity index (χ1n) is 8.78. The van der Waals surface area contributed by atoms with Gasteiger partial charge >= 0.3 is 0 Å². The van der Waals surface area contributed by atoms with Gasteiger partial charge in [-0.25, -0.2) is 9.50 Å². The van der Waals surface area contributed by atoms with Crippen LogP contribution in [-0.2, 0) is 17.8 Å². The second kappa shape index (κ2) is 7.77. The molecular formula is C19H19N7O. The topological polar surface area (TPSA) is 90.0 Å². The van der Waals surface area contributed by atoms with Crippen molar-refractivity contribution in [1.29, 1.82) is 0 Å². The van der Waals surface area contributed by atoms with Crippen molar-refractivity contribution < 1.29 is 4.79 Å². The van der Waals surface area contributed by atoms with Crippen molar-refractivity contribution in [1.82, 2.24) is 34.7 Å². The fourth-order valence-electron chi connectivity index (χ4n) is 2.80. The second-order valence-electron chi connectivity index (χ2n) is 6.11. The molecule has 0 radical (unpaired) electrons. The Kier molecular flexibility index (Phi) is 4.86. The standard InChI is InChI=1S/C19H19N7O/c27-19(6-12-25-11-1-7-22-25)21-10-4-16-14-18-23-17(5-13-26(18)24-16)15-2-8-20-9-3-15/h1-3,5,7-9,11,13-14H,4,6,10,12H2,(H,21,27). The van der Waals surface area contributed by atoms with Gasteiger partial charge in [-0.3, -0.25) is 14.5 Å². The monoisotopic (exact) mass is 361 g/mol. The van der Waals surface area contributed by atoms with Gasteiger partial charge < -0.3 is 5.32 Å². The number of hydrogen-bond donors (Lipinski definition) is 1. The molecule has 0 unspecified atom stereocenters. The molecule has 0 aliphatic heterocycles. The van der Waals surface area contributed by atoms with E-state index in [4.69, 9.17) is 0 Å². The fraction of sp³-hybridized carbons (Fsp3) is 0.211. The first kappa shape index (κ1) is 16.9. The quantitative estimate of drug-likeness (QED) is 0.541. The number of carbonyl (C=O) groups is 1. The molecule has 0 aliphatic rings. The summed E-state index contributed by atoms with van der Waals surface area (Å²) in [7, 11) is 0. The van der Waals surface area contributed by atoms with Crippen molar-refractivity contribution in [3.8, 4) is 11.3 Å². The van der Waals surface area contributed by atoms with Crippen LogP contribution in [0.5, 0.6) is 0 Å². The molecule has 27 heavy (non-hydrogen) atoms. The van der Waals surface area contributed by atoms with Crippen molar-refractivity contribution in [2.75, 3.05) is 6.54 Å². The zero-order valence-electron chi connectivity index (χ0n) is 14.7. The van der Waals surface area contributed by atoms with Gasteiger partial charge in [0.25, 0.3) is 0 Å². The molecule has 4 aromatic heterocycles. The fourth-order valence-corrected chi connectivity index (χ4v) is 2.80. The minimum atomic E-state index is 0.00682. The van der Waals surface area contributed by atoms with E-state index in [1.807, 2.05) is 42.7 Å². The highest BCUT2D eigenvalue weighted by Crippen LogP contribution is 2.16. The second-order valence-corrected chi connectivity index (χ2v) is 6.11. The number of carbonyl (C=O) groups excluding carboxylic acids is 1. The predicted octanol–water partition coefficient (Wildman–Crippen LogP) is 1.74. The highest BCUT2D eigenvalue weighted by Gasteiger charge is 2.07. The molecule has 0 fully saturated rings. The molecule has 1 amide bonds. The van der Waals surface area contributed by atoms with Crippen LogP contribution in [-0.4, -0.2) is 41.8 Å². The average Bonchev–Trinajstić information content (AvgIpc) is 3.36. The molecule has 4 aromatic rings. The van der Waals surface area contributed by atoms with E-state index < -0.39 is 0 Å². The summed E-state index contributed by atoms with van der Waals surface area (Å²) in [5.74, 6) is 0.00682. The Balaban J connectivity index is 1.33. The van der Waals surface area contributed by atoms with Gasteiger partial charge in [0, 0.05) is 68.5 Å². The summed E-state index contributed by atoms with van der Waals surface area (Å²) in [4.78, 5) is 20.6. The number of aromatic nitrogens is 6. The minimum absolute atomic E-state index is 0.00682. The van der Waals surface area contributed by atoms with Crippen LogP contribution in [0.1, 0.15) is 12.1 Å². The lowest BCUT2D eigenvalue weighted by molar-refractivity contribution is -0.121. The first-order chi connectivity index (χ1) is 13.3. The van der Waals surface area contributed by atoms with Gasteiger partial charge in [-0.05, 0) is 24.3 Å². The molecule has 8 nitrogen and oxygen atoms in total. The molecule has 0 spiro atoms. The SMILES string of the molecule is O=C(CCn1cccn1)NCCc1cc2nc(-c3ccncc3)ccn2n1. The lowest BCUT2D eigenvalue weighted by Crippen LogP contribution is -2.26. The summed E-state index contributed by atoms with van der Waals surface area (Å²) in [5.41, 5.74) is 3.56. The Morgan fingerprint density at radius 3 is 2.81 bits per heavy atom. The van der Waals surface area contributed by atoms with Crippen molar-refractivity contribution in [2.45, 2.75) is 19.4 Å². The Morgan fingerprint density at radius 1 is 1.11 bits per heavy atom. The number of rotatable bonds is 7. The summed E-state index contributed by atoms with van der Waals surface area (Å²) in [5, 5.41) is 11.5. The van der Waals surface area contributed by atoms with Gasteiger partial charge in [0.1, 0.15) is 0 Å². The van der Waals surface area contributed by atoms with E-state index >= 15 is 0 Å². The summed E-state index contributed by atoms with van der Waals surface area (Å²) in [6.07, 6.45) is 10.00. The third-order valence-corrected chi connectivity index (χ3v) is 4.18. The number of fused-ring (bicyclic) bond motifs is 1. The third kappa shape index (κ3) is 4.17. The van der Waals surface area contributed by atoms with Crippen LogP contribution in [0, 0.1) is 0 Å². The number of aryl methyl sites for hydroxylation is 1. The maximum Gasteiger partial charge on any atom is 0.221 e. The Labute approximate surface area is 155 Å². The van der Waals surface area contributed by atoms with Crippen LogP contribution in [0.4, 0.5) is 0 Å². The molecule has 0 bridgehead atoms. The molecule has 0 saturated heterocycles. The van der Waals surface area contributed by atoms with E-state index in [9.17, 15) is 4.79 Å². The number of pyridine rings is 1. The van der Waals surface area contributed by atoms with Crippen molar-refractivity contribution in [2.24, 2.45) is 0 Å². The molecule has 1 N–H and O–H groups in total. The molecule has 4 heterocycles. The molecule has 136 valence electrons. The van der Waals surface area contributed by atoms with Crippen LogP contribution < -0.4 is 5.32 Å². The van der Waals surface area contributed by atoms with E-state index in [2.05, 4.69) is 25.5 Å². The summed E-state index contributed by atoms with van der Waals surface area (Å²) in [6.45, 7) is 1.12. The van der Waals surface area contributed by atoms with Gasteiger partial charge in [0.2, 0.25) is 5.91 Å². The molecule has 8 heteroatoms. The minimum Gasteiger partial charge on any atom is -0.356 e. The molecular weight excluding hydrogens is 342 g/mol. The number of nitrogens with one attached hydrogen (secondary N) is 1. The van der Waals surface area contributed by atoms with Crippen LogP contribution in [0.15, 0.2) is 61.3 Å². The average molecular weight is 361 g/mol. The zero-order valence-corrected chi connectivity index (χ0v) is 14.7. The van der Waals surface area contributed by atoms with Gasteiger partial charge in [0.05, 0.1) is 11.4 Å². The predicted molar refractivity (Wildman–Crippen MR) is 99.8 cm³/mol. The zero-order chi connectivity index (χ0) is 18.5. The van der Waals surface area contributed by atoms with E-state index in [0.717, 1.165) is 22.6 Å². The van der Waals surface area contributed by atoms with Crippen LogP contribution in [0.25, 0.3) is 16.9 Å². The number of hydrogen-bond acceptors (Lipinski definition) is 5. The largest absolute Gasteiger partial charge is 0.356 e. The van der Waals surface area contributed by atoms with E-state index in [-0.39, 0.29) is 5.91 Å². The highest BCUT2D eigenvalue weighted by atomic mass is 16.1. The molecule has 0 saturated carbocycles. The lowest BCUT2D eigenvalue weighted by Gasteiger charge is -2.04. The van der Waals surface area contributed by atoms with E-state index in [1.165, 1.54) is 0 Å². The summed E-state index contributed by atoms with van der Waals surface area (Å²) in [6, 6.07) is 9.57. The van der Waals surface area contributed by atoms with E-state index in [1.54, 1.807) is 27.8 Å². The molecule has 4 rings (SSSR count). The van der Waals surface area contributed by atoms with Crippen LogP contribution in [0.2, 0.25) is 0 Å².